The van der Waals surface area contributed by atoms with E-state index in [0.29, 0.717) is 19.8 Å². The highest BCUT2D eigenvalue weighted by Gasteiger charge is 2.42. The van der Waals surface area contributed by atoms with E-state index in [1.165, 1.54) is 0 Å². The lowest BCUT2D eigenvalue weighted by molar-refractivity contribution is 0.0494. The van der Waals surface area contributed by atoms with E-state index in [9.17, 15) is 4.79 Å². The molecule has 1 aromatic rings. The van der Waals surface area contributed by atoms with Gasteiger partial charge >= 0.3 is 13.2 Å². The van der Waals surface area contributed by atoms with Crippen LogP contribution in [0.5, 0.6) is 5.75 Å². The Morgan fingerprint density at radius 1 is 1.39 bits per heavy atom. The van der Waals surface area contributed by atoms with E-state index in [1.54, 1.807) is 0 Å². The summed E-state index contributed by atoms with van der Waals surface area (Å²) in [5.74, 6) is 0.799. The minimum absolute atomic E-state index is 0.274. The fraction of sp³-hybridized carbons (Fsp3) is 0.562. The molecule has 2 heterocycles. The highest BCUT2D eigenvalue weighted by atomic mass is 16.6. The zero-order valence-corrected chi connectivity index (χ0v) is 14.0. The van der Waals surface area contributed by atoms with Gasteiger partial charge in [0.05, 0.1) is 12.7 Å². The first-order valence-electron chi connectivity index (χ1n) is 7.85. The van der Waals surface area contributed by atoms with Gasteiger partial charge in [0.1, 0.15) is 18.0 Å². The molecular weight excluding hydrogens is 297 g/mol. The molecule has 7 heteroatoms. The molecule has 2 aliphatic rings. The number of hydrogen-bond acceptors (Lipinski definition) is 5. The number of benzene rings is 1. The summed E-state index contributed by atoms with van der Waals surface area (Å²) in [6.07, 6.45) is -0.728. The van der Waals surface area contributed by atoms with Gasteiger partial charge in [0.2, 0.25) is 0 Å². The maximum absolute atomic E-state index is 11.9. The molecule has 1 N–H and O–H groups in total. The standard InChI is InChI=1S/C16H22BNO5/c1-10-5-6-11-14-13(10)12(23-17(14)21-8-7-20-11)9-18-15(19)22-16(2,3)4/h5-6,12H,7-9H2,1-4H3,(H,18,19). The number of hydrogen-bond donors (Lipinski definition) is 1. The zero-order valence-electron chi connectivity index (χ0n) is 14.0. The molecule has 2 aliphatic heterocycles. The molecule has 1 amide bonds. The Labute approximate surface area is 136 Å². The van der Waals surface area contributed by atoms with Crippen LogP contribution in [0.3, 0.4) is 0 Å². The molecule has 0 saturated heterocycles. The Morgan fingerprint density at radius 2 is 2.17 bits per heavy atom. The van der Waals surface area contributed by atoms with Crippen LogP contribution in [-0.4, -0.2) is 38.6 Å². The Kier molecular flexibility index (Phi) is 4.25. The Balaban J connectivity index is 1.76. The van der Waals surface area contributed by atoms with Gasteiger partial charge in [-0.2, -0.15) is 0 Å². The number of aryl methyl sites for hydroxylation is 1. The van der Waals surface area contributed by atoms with Gasteiger partial charge in [0, 0.05) is 12.0 Å². The third-order valence-electron chi connectivity index (χ3n) is 3.75. The smallest absolute Gasteiger partial charge is 0.492 e. The largest absolute Gasteiger partial charge is 0.498 e. The molecule has 0 spiro atoms. The lowest BCUT2D eigenvalue weighted by Crippen LogP contribution is -2.35. The normalized spacial score (nSPS) is 19.7. The predicted molar refractivity (Wildman–Crippen MR) is 86.1 cm³/mol. The van der Waals surface area contributed by atoms with Crippen LogP contribution in [0.4, 0.5) is 4.79 Å². The lowest BCUT2D eigenvalue weighted by atomic mass is 9.76. The van der Waals surface area contributed by atoms with Crippen molar-refractivity contribution in [3.63, 3.8) is 0 Å². The summed E-state index contributed by atoms with van der Waals surface area (Å²) in [6.45, 7) is 8.83. The van der Waals surface area contributed by atoms with Crippen molar-refractivity contribution >= 4 is 18.7 Å². The van der Waals surface area contributed by atoms with Crippen molar-refractivity contribution in [1.29, 1.82) is 0 Å². The van der Waals surface area contributed by atoms with Crippen LogP contribution < -0.4 is 15.5 Å². The van der Waals surface area contributed by atoms with Gasteiger partial charge < -0.3 is 24.1 Å². The van der Waals surface area contributed by atoms with Crippen molar-refractivity contribution in [2.75, 3.05) is 19.8 Å². The molecule has 23 heavy (non-hydrogen) atoms. The van der Waals surface area contributed by atoms with Crippen LogP contribution in [0, 0.1) is 6.92 Å². The van der Waals surface area contributed by atoms with Crippen molar-refractivity contribution in [1.82, 2.24) is 5.32 Å². The molecular formula is C16H22BNO5. The minimum Gasteiger partial charge on any atom is -0.492 e. The van der Waals surface area contributed by atoms with E-state index < -0.39 is 18.8 Å². The summed E-state index contributed by atoms with van der Waals surface area (Å²) >= 11 is 0. The van der Waals surface area contributed by atoms with Crippen molar-refractivity contribution < 1.29 is 23.6 Å². The number of rotatable bonds is 2. The highest BCUT2D eigenvalue weighted by molar-refractivity contribution is 6.64. The van der Waals surface area contributed by atoms with Gasteiger partial charge in [-0.05, 0) is 44.9 Å². The average molecular weight is 319 g/mol. The number of ether oxygens (including phenoxy) is 2. The maximum atomic E-state index is 11.9. The predicted octanol–water partition coefficient (Wildman–Crippen LogP) is 1.70. The Hall–Kier alpha value is -1.73. The molecule has 124 valence electrons. The van der Waals surface area contributed by atoms with E-state index in [4.69, 9.17) is 18.8 Å². The summed E-state index contributed by atoms with van der Waals surface area (Å²) in [5, 5.41) is 2.77. The van der Waals surface area contributed by atoms with E-state index in [-0.39, 0.29) is 6.10 Å². The Bertz CT molecular complexity index is 613. The zero-order chi connectivity index (χ0) is 16.6. The molecule has 0 saturated carbocycles. The van der Waals surface area contributed by atoms with Gasteiger partial charge in [-0.1, -0.05) is 6.07 Å². The molecule has 1 aromatic carbocycles. The van der Waals surface area contributed by atoms with Gasteiger partial charge in [0.25, 0.3) is 0 Å². The van der Waals surface area contributed by atoms with E-state index in [2.05, 4.69) is 5.32 Å². The van der Waals surface area contributed by atoms with Crippen LogP contribution in [0.2, 0.25) is 0 Å². The number of carbonyl (C=O) groups is 1. The van der Waals surface area contributed by atoms with Crippen molar-refractivity contribution in [2.24, 2.45) is 0 Å². The summed E-state index contributed by atoms with van der Waals surface area (Å²) in [5.41, 5.74) is 2.54. The van der Waals surface area contributed by atoms with E-state index in [0.717, 1.165) is 22.3 Å². The second-order valence-electron chi connectivity index (χ2n) is 6.77. The first kappa shape index (κ1) is 16.1. The SMILES string of the molecule is Cc1ccc2c3c1C(CNC(=O)OC(C)(C)C)OB3OCCO2. The van der Waals surface area contributed by atoms with Gasteiger partial charge in [-0.15, -0.1) is 0 Å². The second kappa shape index (κ2) is 6.05. The van der Waals surface area contributed by atoms with Crippen LogP contribution in [0.15, 0.2) is 12.1 Å². The summed E-state index contributed by atoms with van der Waals surface area (Å²) in [4.78, 5) is 11.9. The quantitative estimate of drug-likeness (QED) is 0.841. The number of amides is 1. The highest BCUT2D eigenvalue weighted by Crippen LogP contribution is 2.32. The second-order valence-corrected chi connectivity index (χ2v) is 6.77. The molecule has 3 rings (SSSR count). The monoisotopic (exact) mass is 319 g/mol. The maximum Gasteiger partial charge on any atom is 0.498 e. The van der Waals surface area contributed by atoms with Gasteiger partial charge in [-0.25, -0.2) is 4.79 Å². The van der Waals surface area contributed by atoms with Gasteiger partial charge in [-0.3, -0.25) is 0 Å². The summed E-state index contributed by atoms with van der Waals surface area (Å²) in [7, 11) is -0.437. The Morgan fingerprint density at radius 3 is 2.91 bits per heavy atom. The fourth-order valence-electron chi connectivity index (χ4n) is 2.88. The molecule has 0 bridgehead atoms. The topological polar surface area (TPSA) is 66.0 Å². The molecule has 0 radical (unpaired) electrons. The molecule has 6 nitrogen and oxygen atoms in total. The molecule has 0 aromatic heterocycles. The van der Waals surface area contributed by atoms with Gasteiger partial charge in [0.15, 0.2) is 0 Å². The number of carbonyl (C=O) groups excluding carboxylic acids is 1. The van der Waals surface area contributed by atoms with E-state index >= 15 is 0 Å². The van der Waals surface area contributed by atoms with Crippen molar-refractivity contribution in [3.05, 3.63) is 23.3 Å². The first-order valence-corrected chi connectivity index (χ1v) is 7.85. The van der Waals surface area contributed by atoms with Crippen molar-refractivity contribution in [3.8, 4) is 5.75 Å². The summed E-state index contributed by atoms with van der Waals surface area (Å²) in [6, 6.07) is 3.95. The average Bonchev–Trinajstić information content (AvgIpc) is 2.69. The number of nitrogens with one attached hydrogen (secondary N) is 1. The van der Waals surface area contributed by atoms with Crippen LogP contribution >= 0.6 is 0 Å². The third-order valence-corrected chi connectivity index (χ3v) is 3.75. The minimum atomic E-state index is -0.526. The summed E-state index contributed by atoms with van der Waals surface area (Å²) < 4.78 is 22.7. The first-order chi connectivity index (χ1) is 10.8. The van der Waals surface area contributed by atoms with Crippen LogP contribution in [0.1, 0.15) is 38.0 Å². The molecule has 0 aliphatic carbocycles. The molecule has 0 fully saturated rings. The fourth-order valence-corrected chi connectivity index (χ4v) is 2.88. The van der Waals surface area contributed by atoms with Crippen LogP contribution in [0.25, 0.3) is 0 Å². The lowest BCUT2D eigenvalue weighted by Gasteiger charge is -2.21. The molecule has 1 atom stereocenters. The van der Waals surface area contributed by atoms with Crippen molar-refractivity contribution in [2.45, 2.75) is 39.4 Å². The number of alkyl carbamates (subject to hydrolysis) is 1. The molecule has 1 unspecified atom stereocenters. The third kappa shape index (κ3) is 3.45. The van der Waals surface area contributed by atoms with E-state index in [1.807, 2.05) is 39.8 Å². The van der Waals surface area contributed by atoms with Crippen LogP contribution in [-0.2, 0) is 14.0 Å².